The van der Waals surface area contributed by atoms with Crippen molar-refractivity contribution in [2.45, 2.75) is 34.2 Å². The molecule has 26 heavy (non-hydrogen) atoms. The summed E-state index contributed by atoms with van der Waals surface area (Å²) in [7, 11) is 0. The first-order valence-corrected chi connectivity index (χ1v) is 8.59. The number of benzene rings is 2. The van der Waals surface area contributed by atoms with Crippen LogP contribution in [0, 0.1) is 13.8 Å². The highest BCUT2D eigenvalue weighted by molar-refractivity contribution is 6.08. The van der Waals surface area contributed by atoms with Crippen LogP contribution in [-0.4, -0.2) is 21.0 Å². The van der Waals surface area contributed by atoms with Gasteiger partial charge in [0.25, 0.3) is 5.91 Å². The van der Waals surface area contributed by atoms with Crippen LogP contribution >= 0.6 is 0 Å². The lowest BCUT2D eigenvalue weighted by atomic mass is 10.1. The summed E-state index contributed by atoms with van der Waals surface area (Å²) in [6.45, 7) is 12.8. The van der Waals surface area contributed by atoms with E-state index in [1.54, 1.807) is 4.90 Å². The summed E-state index contributed by atoms with van der Waals surface area (Å²) in [5, 5.41) is 14.9. The third-order valence-electron chi connectivity index (χ3n) is 4.02. The summed E-state index contributed by atoms with van der Waals surface area (Å²) in [6, 6.07) is 14.0. The van der Waals surface area contributed by atoms with Crippen LogP contribution in [0.15, 0.2) is 61.6 Å². The average molecular weight is 353 g/mol. The summed E-state index contributed by atoms with van der Waals surface area (Å²) in [5.41, 5.74) is 6.14. The van der Waals surface area contributed by atoms with E-state index in [9.17, 15) is 4.79 Å². The van der Waals surface area contributed by atoms with E-state index in [4.69, 9.17) is 10.2 Å². The molecule has 0 unspecified atom stereocenters. The number of hydrogen-bond donors (Lipinski definition) is 2. The number of carbonyl (C=O) groups is 1. The first-order chi connectivity index (χ1) is 12.5. The van der Waals surface area contributed by atoms with Crippen molar-refractivity contribution in [2.75, 3.05) is 0 Å². The molecule has 0 aromatic heterocycles. The van der Waals surface area contributed by atoms with Crippen LogP contribution < -0.4 is 0 Å². The zero-order valence-electron chi connectivity index (χ0n) is 15.9. The van der Waals surface area contributed by atoms with Gasteiger partial charge in [0, 0.05) is 16.8 Å². The van der Waals surface area contributed by atoms with Crippen molar-refractivity contribution in [1.82, 2.24) is 4.90 Å². The van der Waals surface area contributed by atoms with Gasteiger partial charge in [0.05, 0.1) is 6.54 Å². The van der Waals surface area contributed by atoms with Crippen LogP contribution in [0.1, 0.15) is 46.5 Å². The van der Waals surface area contributed by atoms with Gasteiger partial charge < -0.3 is 15.1 Å². The minimum Gasteiger partial charge on any atom is -0.512 e. The largest absolute Gasteiger partial charge is 0.512 e. The monoisotopic (exact) mass is 353 g/mol. The molecule has 2 aromatic carbocycles. The van der Waals surface area contributed by atoms with Crippen LogP contribution in [-0.2, 0) is 6.54 Å². The summed E-state index contributed by atoms with van der Waals surface area (Å²) in [6.07, 6.45) is 1.11. The maximum absolute atomic E-state index is 12.4. The minimum atomic E-state index is 0.0452. The Morgan fingerprint density at radius 1 is 0.962 bits per heavy atom. The zero-order chi connectivity index (χ0) is 19.7. The van der Waals surface area contributed by atoms with Gasteiger partial charge in [-0.3, -0.25) is 4.79 Å². The molecule has 2 aromatic rings. The Hall–Kier alpha value is -3.01. The quantitative estimate of drug-likeness (QED) is 0.698. The van der Waals surface area contributed by atoms with Gasteiger partial charge in [-0.2, -0.15) is 0 Å². The number of nitrogens with zero attached hydrogens (tertiary/aromatic N) is 1. The van der Waals surface area contributed by atoms with E-state index >= 15 is 0 Å². The molecule has 0 bridgehead atoms. The van der Waals surface area contributed by atoms with Crippen molar-refractivity contribution in [3.63, 3.8) is 0 Å². The van der Waals surface area contributed by atoms with Gasteiger partial charge in [-0.15, -0.1) is 0 Å². The predicted octanol–water partition coefficient (Wildman–Crippen LogP) is 5.53. The normalized spacial score (nSPS) is 12.2. The van der Waals surface area contributed by atoms with Crippen molar-refractivity contribution >= 4 is 11.6 Å². The van der Waals surface area contributed by atoms with E-state index in [0.717, 1.165) is 22.4 Å². The second-order valence-electron chi connectivity index (χ2n) is 5.60. The van der Waals surface area contributed by atoms with E-state index in [1.165, 1.54) is 11.1 Å². The Morgan fingerprint density at radius 3 is 2.04 bits per heavy atom. The van der Waals surface area contributed by atoms with Crippen molar-refractivity contribution in [1.29, 1.82) is 0 Å². The Labute approximate surface area is 155 Å². The van der Waals surface area contributed by atoms with Crippen molar-refractivity contribution in [3.05, 3.63) is 89.4 Å². The fraction of sp³-hybridized carbons (Fsp3) is 0.227. The van der Waals surface area contributed by atoms with E-state index in [0.29, 0.717) is 19.1 Å². The molecular formula is C22H27NO3. The summed E-state index contributed by atoms with van der Waals surface area (Å²) in [5.74, 6) is 0.0452. The summed E-state index contributed by atoms with van der Waals surface area (Å²) in [4.78, 5) is 14.2. The molecule has 0 atom stereocenters. The second-order valence-corrected chi connectivity index (χ2v) is 5.60. The number of aliphatic hydroxyl groups is 2. The zero-order valence-corrected chi connectivity index (χ0v) is 15.9. The fourth-order valence-corrected chi connectivity index (χ4v) is 2.59. The SMILES string of the molecule is C=C1c2ccccc2C(=O)N1Cc1ccc(C)c(C)c1.CC.O/C=C\O. The maximum Gasteiger partial charge on any atom is 0.259 e. The van der Waals surface area contributed by atoms with Crippen LogP contribution in [0.5, 0.6) is 0 Å². The fourth-order valence-electron chi connectivity index (χ4n) is 2.59. The molecule has 1 amide bonds. The number of amides is 1. The van der Waals surface area contributed by atoms with Gasteiger partial charge in [-0.1, -0.05) is 56.8 Å². The third-order valence-corrected chi connectivity index (χ3v) is 4.02. The third kappa shape index (κ3) is 4.76. The highest BCUT2D eigenvalue weighted by Crippen LogP contribution is 2.32. The molecular weight excluding hydrogens is 326 g/mol. The molecule has 0 saturated carbocycles. The van der Waals surface area contributed by atoms with Crippen molar-refractivity contribution in [2.24, 2.45) is 0 Å². The number of aliphatic hydroxyl groups excluding tert-OH is 2. The van der Waals surface area contributed by atoms with E-state index < -0.39 is 0 Å². The molecule has 4 nitrogen and oxygen atoms in total. The molecule has 0 fully saturated rings. The average Bonchev–Trinajstić information content (AvgIpc) is 2.92. The smallest absolute Gasteiger partial charge is 0.259 e. The molecule has 3 rings (SSSR count). The van der Waals surface area contributed by atoms with Crippen LogP contribution in [0.3, 0.4) is 0 Å². The highest BCUT2D eigenvalue weighted by atomic mass is 16.3. The topological polar surface area (TPSA) is 60.8 Å². The van der Waals surface area contributed by atoms with Gasteiger partial charge >= 0.3 is 0 Å². The molecule has 1 heterocycles. The van der Waals surface area contributed by atoms with Gasteiger partial charge in [-0.25, -0.2) is 0 Å². The summed E-state index contributed by atoms with van der Waals surface area (Å²) < 4.78 is 0. The minimum absolute atomic E-state index is 0.0452. The Balaban J connectivity index is 0.000000500. The summed E-state index contributed by atoms with van der Waals surface area (Å²) >= 11 is 0. The first-order valence-electron chi connectivity index (χ1n) is 8.59. The lowest BCUT2D eigenvalue weighted by Crippen LogP contribution is -2.22. The highest BCUT2D eigenvalue weighted by Gasteiger charge is 2.30. The Bertz CT molecular complexity index is 755. The van der Waals surface area contributed by atoms with E-state index in [1.807, 2.05) is 38.1 Å². The number of fused-ring (bicyclic) bond motifs is 1. The molecule has 0 spiro atoms. The standard InChI is InChI=1S/C18H17NO.C2H4O2.C2H6/c1-12-8-9-15(10-13(12)2)11-19-14(3)16-6-4-5-7-17(16)18(19)20;3-1-2-4;1-2/h4-10H,3,11H2,1-2H3;1-4H;1-2H3/b;2-1-;. The van der Waals surface area contributed by atoms with Gasteiger partial charge in [0.2, 0.25) is 0 Å². The molecule has 2 N–H and O–H groups in total. The van der Waals surface area contributed by atoms with Crippen molar-refractivity contribution < 1.29 is 15.0 Å². The van der Waals surface area contributed by atoms with Gasteiger partial charge in [0.15, 0.2) is 0 Å². The predicted molar refractivity (Wildman–Crippen MR) is 107 cm³/mol. The number of aryl methyl sites for hydroxylation is 2. The Morgan fingerprint density at radius 2 is 1.54 bits per heavy atom. The lowest BCUT2D eigenvalue weighted by molar-refractivity contribution is 0.0843. The molecule has 0 radical (unpaired) electrons. The molecule has 0 saturated heterocycles. The van der Waals surface area contributed by atoms with Crippen LogP contribution in [0.4, 0.5) is 0 Å². The van der Waals surface area contributed by atoms with Crippen LogP contribution in [0.25, 0.3) is 5.70 Å². The second kappa shape index (κ2) is 10.1. The molecule has 1 aliphatic rings. The molecule has 4 heteroatoms. The number of carbonyl (C=O) groups excluding carboxylic acids is 1. The van der Waals surface area contributed by atoms with E-state index in [-0.39, 0.29) is 5.91 Å². The first kappa shape index (κ1) is 21.0. The maximum atomic E-state index is 12.4. The molecule has 138 valence electrons. The van der Waals surface area contributed by atoms with Gasteiger partial charge in [-0.05, 0) is 36.6 Å². The lowest BCUT2D eigenvalue weighted by Gasteiger charge is -2.18. The van der Waals surface area contributed by atoms with Crippen molar-refractivity contribution in [3.8, 4) is 0 Å². The number of rotatable bonds is 2. The van der Waals surface area contributed by atoms with Gasteiger partial charge in [0.1, 0.15) is 12.5 Å². The Kier molecular flexibility index (Phi) is 8.16. The van der Waals surface area contributed by atoms with Crippen LogP contribution in [0.2, 0.25) is 0 Å². The van der Waals surface area contributed by atoms with E-state index in [2.05, 4.69) is 38.6 Å². The molecule has 1 aliphatic heterocycles. The number of hydrogen-bond acceptors (Lipinski definition) is 3. The molecule has 0 aliphatic carbocycles.